The number of rotatable bonds is 2. The molecule has 2 N–H and O–H groups in total. The molecule has 0 spiro atoms. The molecule has 0 aromatic heterocycles. The molecule has 1 aromatic rings. The fourth-order valence-corrected chi connectivity index (χ4v) is 2.26. The third-order valence-corrected chi connectivity index (χ3v) is 3.54. The molecule has 0 saturated carbocycles. The van der Waals surface area contributed by atoms with Gasteiger partial charge in [0.25, 0.3) is 0 Å². The molecule has 6 heteroatoms. The number of nitrogens with zero attached hydrogens (tertiary/aromatic N) is 1. The van der Waals surface area contributed by atoms with Crippen LogP contribution in [0.2, 0.25) is 0 Å². The summed E-state index contributed by atoms with van der Waals surface area (Å²) in [7, 11) is 0. The van der Waals surface area contributed by atoms with Crippen LogP contribution in [0.1, 0.15) is 11.5 Å². The third-order valence-electron chi connectivity index (χ3n) is 2.50. The van der Waals surface area contributed by atoms with Crippen LogP contribution in [0, 0.1) is 10.1 Å². The summed E-state index contributed by atoms with van der Waals surface area (Å²) in [6.07, 6.45) is 0. The van der Waals surface area contributed by atoms with E-state index in [1.807, 2.05) is 30.3 Å². The summed E-state index contributed by atoms with van der Waals surface area (Å²) in [5, 5.41) is 11.0. The summed E-state index contributed by atoms with van der Waals surface area (Å²) in [6.45, 7) is 0.524. The molecule has 2 unspecified atom stereocenters. The van der Waals surface area contributed by atoms with Gasteiger partial charge in [0.1, 0.15) is 0 Å². The molecule has 80 valence electrons. The maximum atomic E-state index is 11.0. The van der Waals surface area contributed by atoms with Gasteiger partial charge in [-0.15, -0.1) is 0 Å². The molecule has 1 fully saturated rings. The molecule has 0 radical (unpaired) electrons. The zero-order valence-corrected chi connectivity index (χ0v) is 9.40. The standard InChI is InChI=1S/C9H10BrN3O2/c10-9(13(14)15)8(6-11-12-9)7-4-2-1-3-5-7/h1-5,8,11-12H,6H2. The summed E-state index contributed by atoms with van der Waals surface area (Å²) in [5.41, 5.74) is 6.39. The summed E-state index contributed by atoms with van der Waals surface area (Å²) < 4.78 is -1.31. The van der Waals surface area contributed by atoms with Crippen molar-refractivity contribution in [1.29, 1.82) is 0 Å². The highest BCUT2D eigenvalue weighted by Crippen LogP contribution is 2.36. The Hall–Kier alpha value is -0.980. The van der Waals surface area contributed by atoms with Gasteiger partial charge in [0.15, 0.2) is 0 Å². The summed E-state index contributed by atoms with van der Waals surface area (Å²) in [6, 6.07) is 9.42. The van der Waals surface area contributed by atoms with Crippen LogP contribution in [0.25, 0.3) is 0 Å². The number of nitrogens with one attached hydrogen (secondary N) is 2. The Labute approximate surface area is 95.1 Å². The van der Waals surface area contributed by atoms with E-state index < -0.39 is 4.57 Å². The highest BCUT2D eigenvalue weighted by molar-refractivity contribution is 9.10. The minimum absolute atomic E-state index is 0.228. The first-order valence-corrected chi connectivity index (χ1v) is 5.32. The smallest absolute Gasteiger partial charge is 0.262 e. The first-order valence-electron chi connectivity index (χ1n) is 4.53. The second kappa shape index (κ2) is 3.88. The van der Waals surface area contributed by atoms with Gasteiger partial charge in [-0.05, 0) is 5.56 Å². The Morgan fingerprint density at radius 1 is 1.47 bits per heavy atom. The molecule has 1 saturated heterocycles. The maximum Gasteiger partial charge on any atom is 0.349 e. The van der Waals surface area contributed by atoms with Gasteiger partial charge in [-0.2, -0.15) is 5.43 Å². The minimum atomic E-state index is -1.31. The number of hydrogen-bond acceptors (Lipinski definition) is 4. The van der Waals surface area contributed by atoms with E-state index in [1.165, 1.54) is 0 Å². The number of benzene rings is 1. The Bertz CT molecular complexity index is 373. The zero-order chi connectivity index (χ0) is 10.9. The van der Waals surface area contributed by atoms with Gasteiger partial charge in [-0.25, -0.2) is 0 Å². The van der Waals surface area contributed by atoms with E-state index in [0.29, 0.717) is 6.54 Å². The van der Waals surface area contributed by atoms with Gasteiger partial charge in [0.05, 0.1) is 10.8 Å². The quantitative estimate of drug-likeness (QED) is 0.367. The van der Waals surface area contributed by atoms with E-state index in [1.54, 1.807) is 0 Å². The van der Waals surface area contributed by atoms with Crippen LogP contribution in [0.5, 0.6) is 0 Å². The third kappa shape index (κ3) is 1.75. The van der Waals surface area contributed by atoms with Gasteiger partial charge in [-0.3, -0.25) is 15.5 Å². The van der Waals surface area contributed by atoms with Crippen LogP contribution in [-0.2, 0) is 0 Å². The van der Waals surface area contributed by atoms with Gasteiger partial charge >= 0.3 is 4.57 Å². The molecule has 1 heterocycles. The molecule has 1 aliphatic heterocycles. The Morgan fingerprint density at radius 2 is 2.13 bits per heavy atom. The summed E-state index contributed by atoms with van der Waals surface area (Å²) in [4.78, 5) is 10.6. The van der Waals surface area contributed by atoms with E-state index in [9.17, 15) is 10.1 Å². The van der Waals surface area contributed by atoms with Crippen molar-refractivity contribution in [2.45, 2.75) is 10.5 Å². The average Bonchev–Trinajstić information content (AvgIpc) is 2.63. The molecule has 0 amide bonds. The van der Waals surface area contributed by atoms with Crippen molar-refractivity contribution in [2.24, 2.45) is 0 Å². The van der Waals surface area contributed by atoms with E-state index in [0.717, 1.165) is 5.56 Å². The molecule has 2 atom stereocenters. The lowest BCUT2D eigenvalue weighted by Crippen LogP contribution is -2.47. The SMILES string of the molecule is O=[N+]([O-])C1(Br)NNCC1c1ccccc1. The van der Waals surface area contributed by atoms with Crippen molar-refractivity contribution in [3.8, 4) is 0 Å². The maximum absolute atomic E-state index is 11.0. The molecule has 2 rings (SSSR count). The van der Waals surface area contributed by atoms with Crippen molar-refractivity contribution in [3.63, 3.8) is 0 Å². The highest BCUT2D eigenvalue weighted by Gasteiger charge is 2.52. The molecule has 0 bridgehead atoms. The van der Waals surface area contributed by atoms with Crippen molar-refractivity contribution in [2.75, 3.05) is 6.54 Å². The summed E-state index contributed by atoms with van der Waals surface area (Å²) >= 11 is 3.14. The number of hydrazine groups is 1. The lowest BCUT2D eigenvalue weighted by molar-refractivity contribution is -0.543. The van der Waals surface area contributed by atoms with Gasteiger partial charge < -0.3 is 0 Å². The van der Waals surface area contributed by atoms with Crippen molar-refractivity contribution in [1.82, 2.24) is 10.9 Å². The topological polar surface area (TPSA) is 67.2 Å². The van der Waals surface area contributed by atoms with Gasteiger partial charge in [-0.1, -0.05) is 30.3 Å². The molecule has 5 nitrogen and oxygen atoms in total. The zero-order valence-electron chi connectivity index (χ0n) is 7.81. The second-order valence-corrected chi connectivity index (χ2v) is 4.61. The van der Waals surface area contributed by atoms with Crippen molar-refractivity contribution in [3.05, 3.63) is 46.0 Å². The minimum Gasteiger partial charge on any atom is -0.262 e. The lowest BCUT2D eigenvalue weighted by atomic mass is 9.98. The molecule has 1 aromatic carbocycles. The summed E-state index contributed by atoms with van der Waals surface area (Å²) in [5.74, 6) is -0.228. The Kier molecular flexibility index (Phi) is 2.72. The first-order chi connectivity index (χ1) is 7.14. The molecule has 1 aliphatic rings. The van der Waals surface area contributed by atoms with E-state index in [2.05, 4.69) is 26.8 Å². The van der Waals surface area contributed by atoms with Crippen LogP contribution in [0.3, 0.4) is 0 Å². The predicted molar refractivity (Wildman–Crippen MR) is 59.0 cm³/mol. The van der Waals surface area contributed by atoms with Crippen LogP contribution < -0.4 is 10.9 Å². The van der Waals surface area contributed by atoms with E-state index in [4.69, 9.17) is 0 Å². The van der Waals surface area contributed by atoms with Crippen molar-refractivity contribution < 1.29 is 4.92 Å². The van der Waals surface area contributed by atoms with Gasteiger partial charge in [0.2, 0.25) is 0 Å². The molecule has 15 heavy (non-hydrogen) atoms. The second-order valence-electron chi connectivity index (χ2n) is 3.40. The number of halogens is 1. The Morgan fingerprint density at radius 3 is 2.73 bits per heavy atom. The number of nitro groups is 1. The molecule has 0 aliphatic carbocycles. The van der Waals surface area contributed by atoms with Crippen molar-refractivity contribution >= 4 is 15.9 Å². The van der Waals surface area contributed by atoms with E-state index in [-0.39, 0.29) is 10.8 Å². The fourth-order valence-electron chi connectivity index (χ4n) is 1.70. The normalized spacial score (nSPS) is 30.3. The van der Waals surface area contributed by atoms with Crippen LogP contribution in [0.4, 0.5) is 0 Å². The largest absolute Gasteiger partial charge is 0.349 e. The lowest BCUT2D eigenvalue weighted by Gasteiger charge is -2.19. The molecular weight excluding hydrogens is 262 g/mol. The number of alkyl halides is 1. The van der Waals surface area contributed by atoms with Crippen LogP contribution >= 0.6 is 15.9 Å². The predicted octanol–water partition coefficient (Wildman–Crippen LogP) is 1.20. The average molecular weight is 272 g/mol. The van der Waals surface area contributed by atoms with Gasteiger partial charge in [0, 0.05) is 22.5 Å². The van der Waals surface area contributed by atoms with Crippen LogP contribution in [0.15, 0.2) is 30.3 Å². The fraction of sp³-hybridized carbons (Fsp3) is 0.333. The first kappa shape index (κ1) is 10.5. The molecular formula is C9H10BrN3O2. The van der Waals surface area contributed by atoms with E-state index >= 15 is 0 Å². The Balaban J connectivity index is 2.34. The number of hydrogen-bond donors (Lipinski definition) is 2. The highest BCUT2D eigenvalue weighted by atomic mass is 79.9. The van der Waals surface area contributed by atoms with Crippen LogP contribution in [-0.4, -0.2) is 16.0 Å². The monoisotopic (exact) mass is 271 g/mol.